The number of rotatable bonds is 4. The highest BCUT2D eigenvalue weighted by molar-refractivity contribution is 5.38. The molecule has 82 valence electrons. The Kier molecular flexibility index (Phi) is 3.96. The highest BCUT2D eigenvalue weighted by Crippen LogP contribution is 2.24. The molecular weight excluding hydrogens is 184 g/mol. The first-order valence-electron chi connectivity index (χ1n) is 5.75. The van der Waals surface area contributed by atoms with Crippen LogP contribution >= 0.6 is 0 Å². The standard InChI is InChI=1S/C13H20N2/c1-5-7-15-11(4)12(9-14)8-13(15)10(3)6-2/h8,10H,5-7H2,1-4H3. The Morgan fingerprint density at radius 1 is 1.47 bits per heavy atom. The molecule has 0 fully saturated rings. The summed E-state index contributed by atoms with van der Waals surface area (Å²) in [6.07, 6.45) is 2.24. The molecule has 1 unspecified atom stereocenters. The quantitative estimate of drug-likeness (QED) is 0.736. The molecule has 0 amide bonds. The van der Waals surface area contributed by atoms with Crippen molar-refractivity contribution in [2.75, 3.05) is 0 Å². The fourth-order valence-corrected chi connectivity index (χ4v) is 1.92. The summed E-state index contributed by atoms with van der Waals surface area (Å²) in [5, 5.41) is 9.02. The molecule has 0 aromatic carbocycles. The molecule has 0 aliphatic heterocycles. The van der Waals surface area contributed by atoms with E-state index in [1.807, 2.05) is 6.92 Å². The maximum atomic E-state index is 9.02. The van der Waals surface area contributed by atoms with Crippen molar-refractivity contribution in [1.82, 2.24) is 4.57 Å². The molecule has 1 atom stereocenters. The minimum Gasteiger partial charge on any atom is -0.347 e. The highest BCUT2D eigenvalue weighted by Gasteiger charge is 2.14. The molecule has 2 nitrogen and oxygen atoms in total. The van der Waals surface area contributed by atoms with Gasteiger partial charge in [0.15, 0.2) is 0 Å². The van der Waals surface area contributed by atoms with Crippen molar-refractivity contribution < 1.29 is 0 Å². The second-order valence-corrected chi connectivity index (χ2v) is 4.14. The number of nitriles is 1. The van der Waals surface area contributed by atoms with Gasteiger partial charge in [0, 0.05) is 17.9 Å². The van der Waals surface area contributed by atoms with Crippen molar-refractivity contribution in [2.24, 2.45) is 0 Å². The van der Waals surface area contributed by atoms with Gasteiger partial charge in [-0.05, 0) is 31.7 Å². The smallest absolute Gasteiger partial charge is 0.101 e. The molecule has 0 aliphatic rings. The van der Waals surface area contributed by atoms with Gasteiger partial charge in [0.25, 0.3) is 0 Å². The largest absolute Gasteiger partial charge is 0.347 e. The van der Waals surface area contributed by atoms with Crippen molar-refractivity contribution in [3.8, 4) is 6.07 Å². The maximum Gasteiger partial charge on any atom is 0.101 e. The van der Waals surface area contributed by atoms with E-state index >= 15 is 0 Å². The Hall–Kier alpha value is -1.23. The van der Waals surface area contributed by atoms with Gasteiger partial charge in [0.05, 0.1) is 5.56 Å². The van der Waals surface area contributed by atoms with Crippen LogP contribution in [0.5, 0.6) is 0 Å². The van der Waals surface area contributed by atoms with Crippen LogP contribution in [0, 0.1) is 18.3 Å². The molecule has 15 heavy (non-hydrogen) atoms. The van der Waals surface area contributed by atoms with Crippen molar-refractivity contribution in [3.05, 3.63) is 23.0 Å². The zero-order chi connectivity index (χ0) is 11.4. The van der Waals surface area contributed by atoms with Crippen LogP contribution in [0.3, 0.4) is 0 Å². The monoisotopic (exact) mass is 204 g/mol. The predicted molar refractivity (Wildman–Crippen MR) is 62.9 cm³/mol. The van der Waals surface area contributed by atoms with Crippen LogP contribution in [0.2, 0.25) is 0 Å². The Bertz CT molecular complexity index is 369. The topological polar surface area (TPSA) is 28.7 Å². The van der Waals surface area contributed by atoms with Crippen LogP contribution in [0.4, 0.5) is 0 Å². The molecule has 0 radical (unpaired) electrons. The lowest BCUT2D eigenvalue weighted by Gasteiger charge is -2.14. The van der Waals surface area contributed by atoms with Gasteiger partial charge in [-0.3, -0.25) is 0 Å². The molecule has 0 spiro atoms. The van der Waals surface area contributed by atoms with Gasteiger partial charge < -0.3 is 4.57 Å². The summed E-state index contributed by atoms with van der Waals surface area (Å²) in [5.41, 5.74) is 3.27. The van der Waals surface area contributed by atoms with E-state index < -0.39 is 0 Å². The van der Waals surface area contributed by atoms with Crippen molar-refractivity contribution in [3.63, 3.8) is 0 Å². The lowest BCUT2D eigenvalue weighted by atomic mass is 10.0. The fourth-order valence-electron chi connectivity index (χ4n) is 1.92. The van der Waals surface area contributed by atoms with Crippen LogP contribution in [-0.2, 0) is 6.54 Å². The summed E-state index contributed by atoms with van der Waals surface area (Å²) in [6.45, 7) is 9.65. The third kappa shape index (κ3) is 2.23. The number of nitrogens with zero attached hydrogens (tertiary/aromatic N) is 2. The van der Waals surface area contributed by atoms with Crippen LogP contribution in [0.15, 0.2) is 6.07 Å². The summed E-state index contributed by atoms with van der Waals surface area (Å²) < 4.78 is 2.30. The van der Waals surface area contributed by atoms with Gasteiger partial charge in [0.1, 0.15) is 6.07 Å². The van der Waals surface area contributed by atoms with Crippen LogP contribution in [-0.4, -0.2) is 4.57 Å². The zero-order valence-electron chi connectivity index (χ0n) is 10.2. The summed E-state index contributed by atoms with van der Waals surface area (Å²) in [6, 6.07) is 4.33. The molecule has 2 heteroatoms. The van der Waals surface area contributed by atoms with Crippen molar-refractivity contribution in [2.45, 2.75) is 53.0 Å². The number of hydrogen-bond donors (Lipinski definition) is 0. The molecule has 1 aromatic rings. The van der Waals surface area contributed by atoms with E-state index in [9.17, 15) is 0 Å². The van der Waals surface area contributed by atoms with E-state index in [1.54, 1.807) is 0 Å². The lowest BCUT2D eigenvalue weighted by molar-refractivity contribution is 0.586. The van der Waals surface area contributed by atoms with E-state index in [0.717, 1.165) is 30.6 Å². The summed E-state index contributed by atoms with van der Waals surface area (Å²) in [7, 11) is 0. The average molecular weight is 204 g/mol. The van der Waals surface area contributed by atoms with Gasteiger partial charge in [-0.2, -0.15) is 5.26 Å². The van der Waals surface area contributed by atoms with Gasteiger partial charge in [-0.25, -0.2) is 0 Å². The second-order valence-electron chi connectivity index (χ2n) is 4.14. The Labute approximate surface area is 92.5 Å². The van der Waals surface area contributed by atoms with Gasteiger partial charge in [-0.15, -0.1) is 0 Å². The minimum absolute atomic E-state index is 0.539. The van der Waals surface area contributed by atoms with Gasteiger partial charge in [-0.1, -0.05) is 20.8 Å². The van der Waals surface area contributed by atoms with E-state index in [0.29, 0.717) is 5.92 Å². The van der Waals surface area contributed by atoms with E-state index in [-0.39, 0.29) is 0 Å². The normalized spacial score (nSPS) is 12.5. The summed E-state index contributed by atoms with van der Waals surface area (Å²) >= 11 is 0. The van der Waals surface area contributed by atoms with Gasteiger partial charge in [0.2, 0.25) is 0 Å². The third-order valence-corrected chi connectivity index (χ3v) is 3.08. The molecule has 0 bridgehead atoms. The molecule has 0 N–H and O–H groups in total. The molecule has 0 aliphatic carbocycles. The highest BCUT2D eigenvalue weighted by atomic mass is 15.0. The Balaban J connectivity index is 3.19. The molecule has 0 saturated heterocycles. The first-order chi connectivity index (χ1) is 7.15. The molecule has 1 heterocycles. The fraction of sp³-hybridized carbons (Fsp3) is 0.615. The molecule has 0 saturated carbocycles. The summed E-state index contributed by atoms with van der Waals surface area (Å²) in [4.78, 5) is 0. The number of hydrogen-bond acceptors (Lipinski definition) is 1. The number of aromatic nitrogens is 1. The van der Waals surface area contributed by atoms with Crippen LogP contribution in [0.25, 0.3) is 0 Å². The summed E-state index contributed by atoms with van der Waals surface area (Å²) in [5.74, 6) is 0.539. The van der Waals surface area contributed by atoms with E-state index in [2.05, 4.69) is 37.5 Å². The van der Waals surface area contributed by atoms with Gasteiger partial charge >= 0.3 is 0 Å². The van der Waals surface area contributed by atoms with E-state index in [1.165, 1.54) is 5.69 Å². The van der Waals surface area contributed by atoms with Crippen molar-refractivity contribution >= 4 is 0 Å². The molecular formula is C13H20N2. The van der Waals surface area contributed by atoms with Crippen molar-refractivity contribution in [1.29, 1.82) is 5.26 Å². The third-order valence-electron chi connectivity index (χ3n) is 3.08. The van der Waals surface area contributed by atoms with E-state index in [4.69, 9.17) is 5.26 Å². The lowest BCUT2D eigenvalue weighted by Crippen LogP contribution is -2.06. The zero-order valence-corrected chi connectivity index (χ0v) is 10.2. The van der Waals surface area contributed by atoms with Crippen LogP contribution < -0.4 is 0 Å². The molecule has 1 rings (SSSR count). The Morgan fingerprint density at radius 3 is 2.60 bits per heavy atom. The maximum absolute atomic E-state index is 9.02. The second kappa shape index (κ2) is 5.02. The van der Waals surface area contributed by atoms with Crippen LogP contribution in [0.1, 0.15) is 56.5 Å². The molecule has 1 aromatic heterocycles. The SMILES string of the molecule is CCCn1c(C(C)CC)cc(C#N)c1C. The predicted octanol–water partition coefficient (Wildman–Crippen LogP) is 3.59. The average Bonchev–Trinajstić information content (AvgIpc) is 2.56. The Morgan fingerprint density at radius 2 is 2.13 bits per heavy atom. The minimum atomic E-state index is 0.539. The first kappa shape index (κ1) is 11.8. The first-order valence-corrected chi connectivity index (χ1v) is 5.75.